The Labute approximate surface area is 151 Å². The lowest BCUT2D eigenvalue weighted by atomic mass is 9.98. The molecule has 0 radical (unpaired) electrons. The summed E-state index contributed by atoms with van der Waals surface area (Å²) in [7, 11) is 0. The summed E-state index contributed by atoms with van der Waals surface area (Å²) < 4.78 is 5.25. The van der Waals surface area contributed by atoms with Gasteiger partial charge >= 0.3 is 6.09 Å². The van der Waals surface area contributed by atoms with Crippen molar-refractivity contribution in [2.24, 2.45) is 5.92 Å². The summed E-state index contributed by atoms with van der Waals surface area (Å²) in [5.74, 6) is -0.324. The van der Waals surface area contributed by atoms with Crippen molar-refractivity contribution in [3.63, 3.8) is 0 Å². The van der Waals surface area contributed by atoms with Gasteiger partial charge in [-0.15, -0.1) is 0 Å². The molecule has 142 valence electrons. The number of hydrogen-bond acceptors (Lipinski definition) is 4. The van der Waals surface area contributed by atoms with E-state index in [1.807, 2.05) is 13.8 Å². The highest BCUT2D eigenvalue weighted by Crippen LogP contribution is 2.26. The Balaban J connectivity index is 2.93. The maximum Gasteiger partial charge on any atom is 0.408 e. The molecule has 2 atom stereocenters. The minimum absolute atomic E-state index is 0.236. The quantitative estimate of drug-likeness (QED) is 0.795. The summed E-state index contributed by atoms with van der Waals surface area (Å²) in [5.41, 5.74) is 0.241. The molecule has 1 N–H and O–H groups in total. The molecule has 0 saturated heterocycles. The van der Waals surface area contributed by atoms with Crippen molar-refractivity contribution in [2.45, 2.75) is 85.4 Å². The number of carbonyl (C=O) groups is 3. The Bertz CT molecular complexity index is 546. The third-order valence-corrected chi connectivity index (χ3v) is 3.92. The van der Waals surface area contributed by atoms with Gasteiger partial charge in [0.1, 0.15) is 11.6 Å². The van der Waals surface area contributed by atoms with Crippen molar-refractivity contribution in [2.75, 3.05) is 0 Å². The molecular weight excluding hydrogens is 320 g/mol. The van der Waals surface area contributed by atoms with Crippen molar-refractivity contribution in [1.82, 2.24) is 10.2 Å². The molecular formula is C19H32N2O4. The minimum atomic E-state index is -0.766. The van der Waals surface area contributed by atoms with Crippen molar-refractivity contribution in [3.8, 4) is 0 Å². The molecule has 0 fully saturated rings. The van der Waals surface area contributed by atoms with Crippen LogP contribution in [0.4, 0.5) is 4.79 Å². The molecule has 6 heteroatoms. The van der Waals surface area contributed by atoms with Crippen LogP contribution in [0.1, 0.15) is 67.7 Å². The first-order chi connectivity index (χ1) is 11.5. The van der Waals surface area contributed by atoms with Crippen LogP contribution in [0.2, 0.25) is 0 Å². The van der Waals surface area contributed by atoms with Crippen molar-refractivity contribution in [1.29, 1.82) is 0 Å². The second-order valence-electron chi connectivity index (χ2n) is 8.07. The van der Waals surface area contributed by atoms with E-state index in [2.05, 4.69) is 19.2 Å². The predicted molar refractivity (Wildman–Crippen MR) is 96.9 cm³/mol. The second-order valence-corrected chi connectivity index (χ2v) is 8.07. The van der Waals surface area contributed by atoms with E-state index in [1.54, 1.807) is 20.8 Å². The molecule has 0 unspecified atom stereocenters. The number of nitrogens with zero attached hydrogens (tertiary/aromatic N) is 1. The first-order valence-corrected chi connectivity index (χ1v) is 9.01. The molecule has 1 aliphatic rings. The number of imide groups is 1. The zero-order valence-corrected chi connectivity index (χ0v) is 16.5. The van der Waals surface area contributed by atoms with Crippen LogP contribution in [0.5, 0.6) is 0 Å². The lowest BCUT2D eigenvalue weighted by Gasteiger charge is -2.30. The molecule has 0 aromatic rings. The Morgan fingerprint density at radius 1 is 1.32 bits per heavy atom. The number of amides is 3. The molecule has 1 rings (SSSR count). The second kappa shape index (κ2) is 8.50. The van der Waals surface area contributed by atoms with Crippen LogP contribution in [0.25, 0.3) is 0 Å². The maximum atomic E-state index is 13.0. The molecule has 1 aliphatic heterocycles. The third kappa shape index (κ3) is 6.18. The van der Waals surface area contributed by atoms with Crippen LogP contribution in [-0.2, 0) is 14.3 Å². The monoisotopic (exact) mass is 352 g/mol. The predicted octanol–water partition coefficient (Wildman–Crippen LogP) is 3.41. The molecule has 0 bridgehead atoms. The Morgan fingerprint density at radius 3 is 2.40 bits per heavy atom. The molecule has 3 amide bonds. The molecule has 0 aromatic carbocycles. The molecule has 0 aliphatic carbocycles. The average Bonchev–Trinajstić information content (AvgIpc) is 2.69. The average molecular weight is 352 g/mol. The first kappa shape index (κ1) is 21.2. The van der Waals surface area contributed by atoms with Gasteiger partial charge in [-0.25, -0.2) is 4.79 Å². The fourth-order valence-electron chi connectivity index (χ4n) is 2.88. The van der Waals surface area contributed by atoms with Crippen molar-refractivity contribution < 1.29 is 19.1 Å². The van der Waals surface area contributed by atoms with Crippen molar-refractivity contribution in [3.05, 3.63) is 11.6 Å². The van der Waals surface area contributed by atoms with Gasteiger partial charge in [0, 0.05) is 6.08 Å². The Kier molecular flexibility index (Phi) is 7.20. The van der Waals surface area contributed by atoms with E-state index >= 15 is 0 Å². The van der Waals surface area contributed by atoms with Crippen LogP contribution in [-0.4, -0.2) is 40.5 Å². The number of nitrogens with one attached hydrogen (secondary N) is 1. The standard InChI is InChI=1S/C19H32N2O4/c1-8-9-14(20-18(24)25-19(5,6)7)17(23)21-15(10-12(2)3)13(4)11-16(21)22/h11-12,14-15H,8-10H2,1-7H3,(H,20,24)/t14-,15-/m1/s1. The van der Waals surface area contributed by atoms with Gasteiger partial charge in [-0.3, -0.25) is 14.5 Å². The molecule has 25 heavy (non-hydrogen) atoms. The molecule has 6 nitrogen and oxygen atoms in total. The van der Waals surface area contributed by atoms with E-state index in [-0.39, 0.29) is 17.9 Å². The SMILES string of the molecule is CCC[C@@H](NC(=O)OC(C)(C)C)C(=O)N1C(=O)C=C(C)[C@H]1CC(C)C. The summed E-state index contributed by atoms with van der Waals surface area (Å²) in [4.78, 5) is 38.7. The summed E-state index contributed by atoms with van der Waals surface area (Å²) in [6.45, 7) is 13.2. The number of ether oxygens (including phenoxy) is 1. The van der Waals surface area contributed by atoms with Crippen LogP contribution in [0, 0.1) is 5.92 Å². The van der Waals surface area contributed by atoms with E-state index in [0.29, 0.717) is 25.2 Å². The van der Waals surface area contributed by atoms with E-state index in [4.69, 9.17) is 4.74 Å². The summed E-state index contributed by atoms with van der Waals surface area (Å²) in [6.07, 6.45) is 2.74. The van der Waals surface area contributed by atoms with E-state index in [9.17, 15) is 14.4 Å². The highest BCUT2D eigenvalue weighted by Gasteiger charge is 2.39. The van der Waals surface area contributed by atoms with Crippen molar-refractivity contribution >= 4 is 17.9 Å². The van der Waals surface area contributed by atoms with E-state index < -0.39 is 17.7 Å². The topological polar surface area (TPSA) is 75.7 Å². The largest absolute Gasteiger partial charge is 0.444 e. The number of hydrogen-bond donors (Lipinski definition) is 1. The highest BCUT2D eigenvalue weighted by molar-refractivity contribution is 6.06. The Morgan fingerprint density at radius 2 is 1.92 bits per heavy atom. The molecule has 1 heterocycles. The van der Waals surface area contributed by atoms with Crippen LogP contribution in [0.15, 0.2) is 11.6 Å². The summed E-state index contributed by atoms with van der Waals surface area (Å²) >= 11 is 0. The van der Waals surface area contributed by atoms with Gasteiger partial charge in [-0.05, 0) is 52.0 Å². The highest BCUT2D eigenvalue weighted by atomic mass is 16.6. The summed E-state index contributed by atoms with van der Waals surface area (Å²) in [6, 6.07) is -1.00. The van der Waals surface area contributed by atoms with Crippen LogP contribution in [0.3, 0.4) is 0 Å². The van der Waals surface area contributed by atoms with Crippen LogP contribution < -0.4 is 5.32 Å². The maximum absolute atomic E-state index is 13.0. The zero-order valence-electron chi connectivity index (χ0n) is 16.5. The van der Waals surface area contributed by atoms with Gasteiger partial charge in [-0.2, -0.15) is 0 Å². The molecule has 0 saturated carbocycles. The lowest BCUT2D eigenvalue weighted by molar-refractivity contribution is -0.144. The number of alkyl carbamates (subject to hydrolysis) is 1. The van der Waals surface area contributed by atoms with Crippen LogP contribution >= 0.6 is 0 Å². The van der Waals surface area contributed by atoms with Gasteiger partial charge < -0.3 is 10.1 Å². The molecule has 0 aromatic heterocycles. The van der Waals surface area contributed by atoms with Gasteiger partial charge in [0.05, 0.1) is 6.04 Å². The van der Waals surface area contributed by atoms with E-state index in [0.717, 1.165) is 5.57 Å². The summed E-state index contributed by atoms with van der Waals surface area (Å²) in [5, 5.41) is 2.63. The number of rotatable bonds is 6. The normalized spacial score (nSPS) is 19.0. The lowest BCUT2D eigenvalue weighted by Crippen LogP contribution is -2.53. The van der Waals surface area contributed by atoms with Gasteiger partial charge in [0.15, 0.2) is 0 Å². The fraction of sp³-hybridized carbons (Fsp3) is 0.737. The zero-order chi connectivity index (χ0) is 19.4. The van der Waals surface area contributed by atoms with E-state index in [1.165, 1.54) is 11.0 Å². The van der Waals surface area contributed by atoms with Gasteiger partial charge in [0.2, 0.25) is 0 Å². The number of carbonyl (C=O) groups excluding carboxylic acids is 3. The first-order valence-electron chi connectivity index (χ1n) is 9.01. The Hall–Kier alpha value is -1.85. The molecule has 0 spiro atoms. The fourth-order valence-corrected chi connectivity index (χ4v) is 2.88. The van der Waals surface area contributed by atoms with Gasteiger partial charge in [0.25, 0.3) is 11.8 Å². The van der Waals surface area contributed by atoms with Gasteiger partial charge in [-0.1, -0.05) is 27.2 Å². The third-order valence-electron chi connectivity index (χ3n) is 3.92. The smallest absolute Gasteiger partial charge is 0.408 e. The minimum Gasteiger partial charge on any atom is -0.444 e.